The van der Waals surface area contributed by atoms with E-state index in [2.05, 4.69) is 11.6 Å². The molecule has 0 saturated carbocycles. The maximum Gasteiger partial charge on any atom is 0.189 e. The number of amidine groups is 1. The van der Waals surface area contributed by atoms with Crippen molar-refractivity contribution in [2.24, 2.45) is 10.7 Å². The number of nitrogens with two attached hydrogens (primary N) is 1. The zero-order valence-electron chi connectivity index (χ0n) is 5.17. The van der Waals surface area contributed by atoms with Crippen molar-refractivity contribution < 1.29 is 4.39 Å². The second kappa shape index (κ2) is 4.38. The van der Waals surface area contributed by atoms with E-state index in [1.54, 1.807) is 0 Å². The lowest BCUT2D eigenvalue weighted by Crippen LogP contribution is -2.07. The highest BCUT2D eigenvalue weighted by Crippen LogP contribution is 2.01. The van der Waals surface area contributed by atoms with E-state index in [1.807, 2.05) is 0 Å². The average molecular weight is 148 g/mol. The zero-order chi connectivity index (χ0) is 7.28. The van der Waals surface area contributed by atoms with E-state index in [9.17, 15) is 4.39 Å². The summed E-state index contributed by atoms with van der Waals surface area (Å²) < 4.78 is 12.0. The van der Waals surface area contributed by atoms with Crippen molar-refractivity contribution >= 4 is 16.9 Å². The number of thioether (sulfide) groups is 1. The molecule has 52 valence electrons. The first-order valence-electron chi connectivity index (χ1n) is 2.41. The molecule has 0 amide bonds. The van der Waals surface area contributed by atoms with Crippen LogP contribution in [0.3, 0.4) is 0 Å². The van der Waals surface area contributed by atoms with Crippen molar-refractivity contribution in [1.29, 1.82) is 0 Å². The Morgan fingerprint density at radius 2 is 2.56 bits per heavy atom. The third-order valence-electron chi connectivity index (χ3n) is 0.509. The number of halogens is 1. The van der Waals surface area contributed by atoms with Crippen molar-refractivity contribution in [3.8, 4) is 0 Å². The summed E-state index contributed by atoms with van der Waals surface area (Å²) in [5.74, 6) is 0. The fourth-order valence-corrected chi connectivity index (χ4v) is 0.668. The topological polar surface area (TPSA) is 38.4 Å². The summed E-state index contributed by atoms with van der Waals surface area (Å²) in [5, 5.41) is 1.71. The van der Waals surface area contributed by atoms with E-state index in [4.69, 9.17) is 5.73 Å². The third-order valence-corrected chi connectivity index (χ3v) is 1.02. The Morgan fingerprint density at radius 3 is 2.89 bits per heavy atom. The molecule has 0 heterocycles. The Hall–Kier alpha value is -0.510. The zero-order valence-corrected chi connectivity index (χ0v) is 5.99. The minimum Gasteiger partial charge on any atom is -0.378 e. The van der Waals surface area contributed by atoms with Crippen molar-refractivity contribution in [3.05, 3.63) is 12.0 Å². The molecule has 0 aliphatic heterocycles. The van der Waals surface area contributed by atoms with Crippen molar-refractivity contribution in [1.82, 2.24) is 0 Å². The molecule has 1 atom stereocenters. The molecular formula is C5H9FN2S. The fourth-order valence-electron chi connectivity index (χ4n) is 0.291. The van der Waals surface area contributed by atoms with E-state index in [1.165, 1.54) is 12.3 Å². The standard InChI is InChI=1S/C5H9FN2S/c1-3-9-5(7)8-4(2)6/h3-4H,1H2,2H3,(H2,7,8). The first-order valence-corrected chi connectivity index (χ1v) is 3.29. The molecule has 0 fully saturated rings. The molecular weight excluding hydrogens is 139 g/mol. The Morgan fingerprint density at radius 1 is 2.00 bits per heavy atom. The molecule has 2 N–H and O–H groups in total. The van der Waals surface area contributed by atoms with Crippen molar-refractivity contribution in [3.63, 3.8) is 0 Å². The van der Waals surface area contributed by atoms with Gasteiger partial charge < -0.3 is 5.73 Å². The Bertz CT molecular complexity index is 122. The number of rotatable bonds is 2. The minimum absolute atomic E-state index is 0.208. The Balaban J connectivity index is 3.68. The summed E-state index contributed by atoms with van der Waals surface area (Å²) in [6, 6.07) is 0. The number of aliphatic imine (C=N–C) groups is 1. The number of nitrogens with zero attached hydrogens (tertiary/aromatic N) is 1. The van der Waals surface area contributed by atoms with Gasteiger partial charge in [0, 0.05) is 0 Å². The van der Waals surface area contributed by atoms with Gasteiger partial charge in [0.25, 0.3) is 0 Å². The van der Waals surface area contributed by atoms with Gasteiger partial charge in [0.2, 0.25) is 0 Å². The van der Waals surface area contributed by atoms with E-state index in [0.717, 1.165) is 11.8 Å². The van der Waals surface area contributed by atoms with Crippen LogP contribution in [0.5, 0.6) is 0 Å². The highest BCUT2D eigenvalue weighted by atomic mass is 32.2. The SMILES string of the molecule is C=CSC(N)=NC(C)F. The van der Waals surface area contributed by atoms with Crippen LogP contribution in [-0.2, 0) is 0 Å². The molecule has 0 saturated heterocycles. The second-order valence-electron chi connectivity index (χ2n) is 1.33. The van der Waals surface area contributed by atoms with Crippen LogP contribution >= 0.6 is 11.8 Å². The summed E-state index contributed by atoms with van der Waals surface area (Å²) in [6.07, 6.45) is -1.22. The van der Waals surface area contributed by atoms with Crippen LogP contribution in [0, 0.1) is 0 Å². The van der Waals surface area contributed by atoms with Gasteiger partial charge in [0.1, 0.15) is 0 Å². The van der Waals surface area contributed by atoms with Crippen LogP contribution in [0.2, 0.25) is 0 Å². The lowest BCUT2D eigenvalue weighted by atomic mass is 10.7. The van der Waals surface area contributed by atoms with Crippen LogP contribution in [0.4, 0.5) is 4.39 Å². The molecule has 0 aromatic heterocycles. The molecule has 2 nitrogen and oxygen atoms in total. The number of alkyl halides is 1. The summed E-state index contributed by atoms with van der Waals surface area (Å²) >= 11 is 1.11. The molecule has 0 aliphatic rings. The third kappa shape index (κ3) is 5.36. The molecule has 9 heavy (non-hydrogen) atoms. The molecule has 0 spiro atoms. The Labute approximate surface area is 58.0 Å². The average Bonchev–Trinajstić information content (AvgIpc) is 1.63. The molecule has 1 unspecified atom stereocenters. The van der Waals surface area contributed by atoms with Gasteiger partial charge in [-0.25, -0.2) is 9.38 Å². The molecule has 0 bridgehead atoms. The van der Waals surface area contributed by atoms with Gasteiger partial charge in [0.15, 0.2) is 11.5 Å². The quantitative estimate of drug-likeness (QED) is 0.366. The van der Waals surface area contributed by atoms with Gasteiger partial charge in [-0.15, -0.1) is 0 Å². The number of hydrogen-bond donors (Lipinski definition) is 1. The van der Waals surface area contributed by atoms with E-state index < -0.39 is 6.30 Å². The van der Waals surface area contributed by atoms with E-state index in [-0.39, 0.29) is 5.17 Å². The van der Waals surface area contributed by atoms with E-state index in [0.29, 0.717) is 0 Å². The van der Waals surface area contributed by atoms with Gasteiger partial charge in [-0.05, 0) is 12.3 Å². The first kappa shape index (κ1) is 8.49. The Kier molecular flexibility index (Phi) is 4.13. The second-order valence-corrected chi connectivity index (χ2v) is 2.31. The van der Waals surface area contributed by atoms with Crippen molar-refractivity contribution in [2.45, 2.75) is 13.2 Å². The predicted molar refractivity (Wildman–Crippen MR) is 40.0 cm³/mol. The van der Waals surface area contributed by atoms with Crippen LogP contribution in [0.25, 0.3) is 0 Å². The number of hydrogen-bond acceptors (Lipinski definition) is 2. The lowest BCUT2D eigenvalue weighted by Gasteiger charge is -1.94. The van der Waals surface area contributed by atoms with Gasteiger partial charge in [-0.1, -0.05) is 18.3 Å². The van der Waals surface area contributed by atoms with Crippen LogP contribution in [0.1, 0.15) is 6.92 Å². The molecule has 0 aromatic carbocycles. The maximum absolute atomic E-state index is 12.0. The summed E-state index contributed by atoms with van der Waals surface area (Å²) in [7, 11) is 0. The monoisotopic (exact) mass is 148 g/mol. The highest BCUT2D eigenvalue weighted by Gasteiger charge is 1.93. The first-order chi connectivity index (χ1) is 4.16. The van der Waals surface area contributed by atoms with Crippen molar-refractivity contribution in [2.75, 3.05) is 0 Å². The minimum atomic E-state index is -1.22. The van der Waals surface area contributed by atoms with Crippen LogP contribution in [-0.4, -0.2) is 11.5 Å². The predicted octanol–water partition coefficient (Wildman–Crippen LogP) is 1.49. The smallest absolute Gasteiger partial charge is 0.189 e. The van der Waals surface area contributed by atoms with Gasteiger partial charge >= 0.3 is 0 Å². The molecule has 0 radical (unpaired) electrons. The molecule has 4 heteroatoms. The van der Waals surface area contributed by atoms with Gasteiger partial charge in [0.05, 0.1) is 0 Å². The van der Waals surface area contributed by atoms with E-state index >= 15 is 0 Å². The maximum atomic E-state index is 12.0. The molecule has 0 rings (SSSR count). The summed E-state index contributed by atoms with van der Waals surface area (Å²) in [5.41, 5.74) is 5.19. The van der Waals surface area contributed by atoms with Crippen LogP contribution in [0.15, 0.2) is 17.0 Å². The van der Waals surface area contributed by atoms with Gasteiger partial charge in [-0.2, -0.15) is 0 Å². The van der Waals surface area contributed by atoms with Crippen LogP contribution < -0.4 is 5.73 Å². The molecule has 0 aromatic rings. The normalized spacial score (nSPS) is 15.1. The van der Waals surface area contributed by atoms with Gasteiger partial charge in [-0.3, -0.25) is 0 Å². The highest BCUT2D eigenvalue weighted by molar-refractivity contribution is 8.16. The summed E-state index contributed by atoms with van der Waals surface area (Å²) in [6.45, 7) is 4.70. The summed E-state index contributed by atoms with van der Waals surface area (Å²) in [4.78, 5) is 3.39. The lowest BCUT2D eigenvalue weighted by molar-refractivity contribution is 0.377. The largest absolute Gasteiger partial charge is 0.378 e. The fraction of sp³-hybridized carbons (Fsp3) is 0.400. The molecule has 0 aliphatic carbocycles.